The van der Waals surface area contributed by atoms with Crippen LogP contribution >= 0.6 is 0 Å². The zero-order valence-corrected chi connectivity index (χ0v) is 13.7. The molecule has 0 fully saturated rings. The molecule has 2 rings (SSSR count). The van der Waals surface area contributed by atoms with E-state index >= 15 is 0 Å². The molecule has 0 saturated carbocycles. The largest absolute Gasteiger partial charge is 0.466 e. The SMILES string of the molecule is CCOC(=O)Cc1ccc(NC(=O)[C@@H](N)Cc2ccccc2)cc1. The lowest BCUT2D eigenvalue weighted by Crippen LogP contribution is -2.37. The molecule has 0 bridgehead atoms. The summed E-state index contributed by atoms with van der Waals surface area (Å²) in [6, 6.07) is 16.1. The van der Waals surface area contributed by atoms with Gasteiger partial charge in [0.05, 0.1) is 19.1 Å². The number of esters is 1. The molecule has 0 aliphatic carbocycles. The second-order valence-electron chi connectivity index (χ2n) is 5.46. The molecule has 5 heteroatoms. The molecule has 3 N–H and O–H groups in total. The topological polar surface area (TPSA) is 81.4 Å². The maximum absolute atomic E-state index is 12.2. The smallest absolute Gasteiger partial charge is 0.310 e. The summed E-state index contributed by atoms with van der Waals surface area (Å²) in [5.74, 6) is -0.504. The van der Waals surface area contributed by atoms with Crippen molar-refractivity contribution < 1.29 is 14.3 Å². The predicted octanol–water partition coefficient (Wildman–Crippen LogP) is 2.30. The zero-order valence-electron chi connectivity index (χ0n) is 13.7. The van der Waals surface area contributed by atoms with Crippen molar-refractivity contribution in [2.75, 3.05) is 11.9 Å². The number of amides is 1. The van der Waals surface area contributed by atoms with E-state index in [2.05, 4.69) is 5.32 Å². The van der Waals surface area contributed by atoms with Gasteiger partial charge in [-0.25, -0.2) is 0 Å². The molecule has 1 atom stereocenters. The van der Waals surface area contributed by atoms with E-state index in [0.717, 1.165) is 11.1 Å². The van der Waals surface area contributed by atoms with Gasteiger partial charge in [0.2, 0.25) is 5.91 Å². The van der Waals surface area contributed by atoms with Gasteiger partial charge in [0.25, 0.3) is 0 Å². The highest BCUT2D eigenvalue weighted by atomic mass is 16.5. The van der Waals surface area contributed by atoms with Gasteiger partial charge in [0, 0.05) is 5.69 Å². The summed E-state index contributed by atoms with van der Waals surface area (Å²) in [5.41, 5.74) is 8.45. The van der Waals surface area contributed by atoms with Crippen LogP contribution in [0.15, 0.2) is 54.6 Å². The fraction of sp³-hybridized carbons (Fsp3) is 0.263. The normalized spacial score (nSPS) is 11.6. The number of nitrogens with two attached hydrogens (primary N) is 1. The first-order valence-corrected chi connectivity index (χ1v) is 7.93. The first-order valence-electron chi connectivity index (χ1n) is 7.93. The molecule has 0 radical (unpaired) electrons. The predicted molar refractivity (Wildman–Crippen MR) is 93.5 cm³/mol. The second-order valence-corrected chi connectivity index (χ2v) is 5.46. The number of rotatable bonds is 7. The Bertz CT molecular complexity index is 669. The van der Waals surface area contributed by atoms with Crippen LogP contribution in [-0.4, -0.2) is 24.5 Å². The van der Waals surface area contributed by atoms with Crippen molar-refractivity contribution in [1.82, 2.24) is 0 Å². The maximum atomic E-state index is 12.2. The monoisotopic (exact) mass is 326 g/mol. The van der Waals surface area contributed by atoms with E-state index in [-0.39, 0.29) is 18.3 Å². The summed E-state index contributed by atoms with van der Waals surface area (Å²) in [4.78, 5) is 23.6. The van der Waals surface area contributed by atoms with Gasteiger partial charge in [0.15, 0.2) is 0 Å². The van der Waals surface area contributed by atoms with E-state index in [1.165, 1.54) is 0 Å². The Morgan fingerprint density at radius 1 is 1.04 bits per heavy atom. The first kappa shape index (κ1) is 17.7. The van der Waals surface area contributed by atoms with Gasteiger partial charge in [-0.3, -0.25) is 9.59 Å². The third kappa shape index (κ3) is 5.52. The first-order chi connectivity index (χ1) is 11.6. The van der Waals surface area contributed by atoms with Crippen LogP contribution in [0, 0.1) is 0 Å². The van der Waals surface area contributed by atoms with Crippen LogP contribution in [0.25, 0.3) is 0 Å². The van der Waals surface area contributed by atoms with Gasteiger partial charge in [0.1, 0.15) is 0 Å². The van der Waals surface area contributed by atoms with Crippen LogP contribution in [0.4, 0.5) is 5.69 Å². The minimum absolute atomic E-state index is 0.218. The molecule has 2 aromatic rings. The number of carbonyl (C=O) groups excluding carboxylic acids is 2. The standard InChI is InChI=1S/C19H22N2O3/c1-2-24-18(22)13-15-8-10-16(11-9-15)21-19(23)17(20)12-14-6-4-3-5-7-14/h3-11,17H,2,12-13,20H2,1H3,(H,21,23)/t17-/m0/s1. The molecule has 24 heavy (non-hydrogen) atoms. The third-order valence-corrected chi connectivity index (χ3v) is 3.51. The Kier molecular flexibility index (Phi) is 6.51. The number of ether oxygens (including phenoxy) is 1. The molecular weight excluding hydrogens is 304 g/mol. The number of benzene rings is 2. The average Bonchev–Trinajstić information content (AvgIpc) is 2.57. The van der Waals surface area contributed by atoms with Crippen molar-refractivity contribution in [3.63, 3.8) is 0 Å². The minimum Gasteiger partial charge on any atom is -0.466 e. The number of carbonyl (C=O) groups is 2. The van der Waals surface area contributed by atoms with E-state index in [1.807, 2.05) is 30.3 Å². The molecular formula is C19H22N2O3. The summed E-state index contributed by atoms with van der Waals surface area (Å²) in [5, 5.41) is 2.79. The average molecular weight is 326 g/mol. The molecule has 0 unspecified atom stereocenters. The van der Waals surface area contributed by atoms with Gasteiger partial charge < -0.3 is 15.8 Å². The van der Waals surface area contributed by atoms with Gasteiger partial charge in [-0.05, 0) is 36.6 Å². The molecule has 0 saturated heterocycles. The van der Waals surface area contributed by atoms with Crippen LogP contribution in [0.5, 0.6) is 0 Å². The molecule has 5 nitrogen and oxygen atoms in total. The molecule has 1 amide bonds. The number of anilines is 1. The van der Waals surface area contributed by atoms with Crippen LogP contribution in [0.2, 0.25) is 0 Å². The number of nitrogens with one attached hydrogen (secondary N) is 1. The van der Waals surface area contributed by atoms with Crippen molar-refractivity contribution >= 4 is 17.6 Å². The van der Waals surface area contributed by atoms with E-state index in [0.29, 0.717) is 18.7 Å². The summed E-state index contributed by atoms with van der Waals surface area (Å²) in [6.07, 6.45) is 0.698. The van der Waals surface area contributed by atoms with E-state index in [4.69, 9.17) is 10.5 Å². The van der Waals surface area contributed by atoms with E-state index in [9.17, 15) is 9.59 Å². The Hall–Kier alpha value is -2.66. The van der Waals surface area contributed by atoms with Crippen LogP contribution in [0.1, 0.15) is 18.1 Å². The molecule has 0 aliphatic rings. The van der Waals surface area contributed by atoms with Crippen LogP contribution < -0.4 is 11.1 Å². The fourth-order valence-electron chi connectivity index (χ4n) is 2.28. The third-order valence-electron chi connectivity index (χ3n) is 3.51. The van der Waals surface area contributed by atoms with Crippen molar-refractivity contribution in [1.29, 1.82) is 0 Å². The van der Waals surface area contributed by atoms with Gasteiger partial charge in [-0.15, -0.1) is 0 Å². The lowest BCUT2D eigenvalue weighted by atomic mass is 10.1. The number of hydrogen-bond acceptors (Lipinski definition) is 4. The molecule has 0 aliphatic heterocycles. The lowest BCUT2D eigenvalue weighted by Gasteiger charge is -2.12. The Morgan fingerprint density at radius 3 is 2.33 bits per heavy atom. The molecule has 0 aromatic heterocycles. The van der Waals surface area contributed by atoms with Crippen molar-refractivity contribution in [2.45, 2.75) is 25.8 Å². The van der Waals surface area contributed by atoms with E-state index in [1.54, 1.807) is 31.2 Å². The van der Waals surface area contributed by atoms with Gasteiger partial charge >= 0.3 is 5.97 Å². The van der Waals surface area contributed by atoms with Gasteiger partial charge in [-0.2, -0.15) is 0 Å². The summed E-state index contributed by atoms with van der Waals surface area (Å²) in [6.45, 7) is 2.14. The van der Waals surface area contributed by atoms with Crippen LogP contribution in [-0.2, 0) is 27.2 Å². The highest BCUT2D eigenvalue weighted by Crippen LogP contribution is 2.11. The fourth-order valence-corrected chi connectivity index (χ4v) is 2.28. The Labute approximate surface area is 141 Å². The highest BCUT2D eigenvalue weighted by molar-refractivity contribution is 5.94. The summed E-state index contributed by atoms with van der Waals surface area (Å²) >= 11 is 0. The lowest BCUT2D eigenvalue weighted by molar-refractivity contribution is -0.142. The quantitative estimate of drug-likeness (QED) is 0.765. The molecule has 2 aromatic carbocycles. The minimum atomic E-state index is -0.619. The molecule has 126 valence electrons. The summed E-state index contributed by atoms with van der Waals surface area (Å²) < 4.78 is 4.90. The van der Waals surface area contributed by atoms with Crippen molar-refractivity contribution in [3.8, 4) is 0 Å². The zero-order chi connectivity index (χ0) is 17.4. The van der Waals surface area contributed by atoms with Crippen molar-refractivity contribution in [2.24, 2.45) is 5.73 Å². The highest BCUT2D eigenvalue weighted by Gasteiger charge is 2.14. The number of hydrogen-bond donors (Lipinski definition) is 2. The summed E-state index contributed by atoms with van der Waals surface area (Å²) in [7, 11) is 0. The van der Waals surface area contributed by atoms with E-state index < -0.39 is 6.04 Å². The van der Waals surface area contributed by atoms with Crippen molar-refractivity contribution in [3.05, 3.63) is 65.7 Å². The molecule has 0 heterocycles. The van der Waals surface area contributed by atoms with Crippen LogP contribution in [0.3, 0.4) is 0 Å². The maximum Gasteiger partial charge on any atom is 0.310 e. The Balaban J connectivity index is 1.88. The van der Waals surface area contributed by atoms with Gasteiger partial charge in [-0.1, -0.05) is 42.5 Å². The second kappa shape index (κ2) is 8.84. The molecule has 0 spiro atoms. The Morgan fingerprint density at radius 2 is 1.71 bits per heavy atom.